The van der Waals surface area contributed by atoms with Gasteiger partial charge in [0.25, 0.3) is 0 Å². The molecule has 1 aliphatic heterocycles. The molecule has 128 valence electrons. The predicted octanol–water partition coefficient (Wildman–Crippen LogP) is 2.13. The second kappa shape index (κ2) is 7.45. The molecule has 0 aromatic heterocycles. The lowest BCUT2D eigenvalue weighted by molar-refractivity contribution is -0.135. The van der Waals surface area contributed by atoms with E-state index >= 15 is 0 Å². The van der Waals surface area contributed by atoms with Crippen LogP contribution in [0, 0.1) is 5.92 Å². The fourth-order valence-electron chi connectivity index (χ4n) is 2.78. The molecule has 1 aromatic rings. The molecule has 5 nitrogen and oxygen atoms in total. The summed E-state index contributed by atoms with van der Waals surface area (Å²) in [6.45, 7) is 7.47. The Morgan fingerprint density at radius 1 is 1.09 bits per heavy atom. The molecular weight excluding hydrogens is 312 g/mol. The van der Waals surface area contributed by atoms with Gasteiger partial charge < -0.3 is 4.90 Å². The molecule has 6 heteroatoms. The molecule has 1 aliphatic rings. The molecule has 0 radical (unpaired) electrons. The first-order chi connectivity index (χ1) is 10.9. The van der Waals surface area contributed by atoms with Crippen LogP contribution in [0.25, 0.3) is 0 Å². The Hall–Kier alpha value is -1.40. The van der Waals surface area contributed by atoms with Crippen LogP contribution in [0.5, 0.6) is 0 Å². The van der Waals surface area contributed by atoms with Crippen LogP contribution >= 0.6 is 0 Å². The summed E-state index contributed by atoms with van der Waals surface area (Å²) in [5, 5.41) is 0. The van der Waals surface area contributed by atoms with Crippen LogP contribution in [0.3, 0.4) is 0 Å². The molecule has 23 heavy (non-hydrogen) atoms. The topological polar surface area (TPSA) is 57.7 Å². The normalized spacial score (nSPS) is 16.8. The zero-order chi connectivity index (χ0) is 17.0. The van der Waals surface area contributed by atoms with E-state index in [0.29, 0.717) is 31.1 Å². The van der Waals surface area contributed by atoms with Gasteiger partial charge in [-0.3, -0.25) is 4.79 Å². The molecule has 1 saturated heterocycles. The number of hydrogen-bond donors (Lipinski definition) is 0. The van der Waals surface area contributed by atoms with E-state index in [9.17, 15) is 13.2 Å². The zero-order valence-electron chi connectivity index (χ0n) is 14.2. The third-order valence-electron chi connectivity index (χ3n) is 4.14. The van der Waals surface area contributed by atoms with Gasteiger partial charge in [0.1, 0.15) is 0 Å². The smallest absolute Gasteiger partial charge is 0.243 e. The predicted molar refractivity (Wildman–Crippen MR) is 90.6 cm³/mol. The van der Waals surface area contributed by atoms with Gasteiger partial charge in [-0.05, 0) is 24.1 Å². The van der Waals surface area contributed by atoms with Gasteiger partial charge in [0, 0.05) is 32.1 Å². The lowest BCUT2D eigenvalue weighted by Crippen LogP contribution is -2.51. The minimum Gasteiger partial charge on any atom is -0.340 e. The quantitative estimate of drug-likeness (QED) is 0.826. The fraction of sp³-hybridized carbons (Fsp3) is 0.588. The maximum Gasteiger partial charge on any atom is 0.243 e. The van der Waals surface area contributed by atoms with Gasteiger partial charge in [-0.25, -0.2) is 8.42 Å². The Morgan fingerprint density at radius 2 is 1.65 bits per heavy atom. The lowest BCUT2D eigenvalue weighted by Gasteiger charge is -2.34. The molecule has 0 atom stereocenters. The van der Waals surface area contributed by atoms with Crippen molar-refractivity contribution >= 4 is 15.9 Å². The van der Waals surface area contributed by atoms with Gasteiger partial charge in [0.2, 0.25) is 15.9 Å². The van der Waals surface area contributed by atoms with E-state index in [2.05, 4.69) is 6.92 Å². The van der Waals surface area contributed by atoms with E-state index in [4.69, 9.17) is 0 Å². The first-order valence-electron chi connectivity index (χ1n) is 8.24. The summed E-state index contributed by atoms with van der Waals surface area (Å²) in [5.74, 6) is 0.0373. The number of sulfonamides is 1. The number of aryl methyl sites for hydroxylation is 1. The molecule has 0 N–H and O–H groups in total. The molecule has 0 aliphatic carbocycles. The number of rotatable bonds is 5. The fourth-order valence-corrected chi connectivity index (χ4v) is 4.20. The van der Waals surface area contributed by atoms with Crippen LogP contribution in [0.2, 0.25) is 0 Å². The van der Waals surface area contributed by atoms with Crippen molar-refractivity contribution in [2.24, 2.45) is 5.92 Å². The van der Waals surface area contributed by atoms with E-state index in [-0.39, 0.29) is 11.8 Å². The molecule has 1 aromatic carbocycles. The van der Waals surface area contributed by atoms with Crippen molar-refractivity contribution in [3.05, 3.63) is 29.8 Å². The number of amides is 1. The molecule has 0 saturated carbocycles. The number of benzene rings is 1. The van der Waals surface area contributed by atoms with Gasteiger partial charge in [-0.15, -0.1) is 0 Å². The Bertz CT molecular complexity index is 630. The van der Waals surface area contributed by atoms with Crippen LogP contribution in [0.15, 0.2) is 29.2 Å². The summed E-state index contributed by atoms with van der Waals surface area (Å²) in [7, 11) is -3.47. The molecule has 2 rings (SSSR count). The van der Waals surface area contributed by atoms with Crippen molar-refractivity contribution in [3.8, 4) is 0 Å². The largest absolute Gasteiger partial charge is 0.340 e. The molecule has 1 fully saturated rings. The van der Waals surface area contributed by atoms with Gasteiger partial charge in [0.05, 0.1) is 4.90 Å². The van der Waals surface area contributed by atoms with Crippen LogP contribution in [0.4, 0.5) is 0 Å². The minimum absolute atomic E-state index is 0.0516. The first-order valence-corrected chi connectivity index (χ1v) is 9.68. The van der Waals surface area contributed by atoms with E-state index in [0.717, 1.165) is 18.4 Å². The van der Waals surface area contributed by atoms with E-state index in [1.54, 1.807) is 17.0 Å². The average molecular weight is 338 g/mol. The highest BCUT2D eigenvalue weighted by molar-refractivity contribution is 7.89. The van der Waals surface area contributed by atoms with Gasteiger partial charge in [-0.2, -0.15) is 4.31 Å². The van der Waals surface area contributed by atoms with Crippen LogP contribution in [0.1, 0.15) is 32.8 Å². The van der Waals surface area contributed by atoms with Gasteiger partial charge in [-0.1, -0.05) is 39.3 Å². The highest BCUT2D eigenvalue weighted by Crippen LogP contribution is 2.19. The zero-order valence-corrected chi connectivity index (χ0v) is 15.0. The minimum atomic E-state index is -3.47. The Balaban J connectivity index is 2.05. The Labute approximate surface area is 139 Å². The highest BCUT2D eigenvalue weighted by Gasteiger charge is 2.30. The average Bonchev–Trinajstić information content (AvgIpc) is 2.55. The van der Waals surface area contributed by atoms with Crippen molar-refractivity contribution in [2.45, 2.75) is 38.5 Å². The molecule has 1 amide bonds. The van der Waals surface area contributed by atoms with E-state index in [1.807, 2.05) is 26.0 Å². The van der Waals surface area contributed by atoms with Crippen molar-refractivity contribution in [3.63, 3.8) is 0 Å². The molecule has 0 unspecified atom stereocenters. The second-order valence-electron chi connectivity index (χ2n) is 6.28. The van der Waals surface area contributed by atoms with E-state index < -0.39 is 10.0 Å². The molecule has 0 bridgehead atoms. The Kier molecular flexibility index (Phi) is 5.81. The number of nitrogens with zero attached hydrogens (tertiary/aromatic N) is 2. The van der Waals surface area contributed by atoms with Crippen LogP contribution < -0.4 is 0 Å². The van der Waals surface area contributed by atoms with Crippen LogP contribution in [-0.4, -0.2) is 49.7 Å². The highest BCUT2D eigenvalue weighted by atomic mass is 32.2. The van der Waals surface area contributed by atoms with E-state index in [1.165, 1.54) is 4.31 Å². The molecular formula is C17H26N2O3S. The van der Waals surface area contributed by atoms with Gasteiger partial charge >= 0.3 is 0 Å². The van der Waals surface area contributed by atoms with Crippen molar-refractivity contribution < 1.29 is 13.2 Å². The monoisotopic (exact) mass is 338 g/mol. The van der Waals surface area contributed by atoms with Crippen molar-refractivity contribution in [1.82, 2.24) is 9.21 Å². The lowest BCUT2D eigenvalue weighted by atomic mass is 10.1. The summed E-state index contributed by atoms with van der Waals surface area (Å²) < 4.78 is 26.9. The molecule has 1 heterocycles. The number of hydrogen-bond acceptors (Lipinski definition) is 3. The summed E-state index contributed by atoms with van der Waals surface area (Å²) in [5.41, 5.74) is 1.15. The number of piperazine rings is 1. The van der Waals surface area contributed by atoms with Crippen LogP contribution in [-0.2, 0) is 21.2 Å². The maximum absolute atomic E-state index is 12.7. The van der Waals surface area contributed by atoms with Crippen molar-refractivity contribution in [2.75, 3.05) is 26.2 Å². The summed E-state index contributed by atoms with van der Waals surface area (Å²) in [6.07, 6.45) is 1.99. The second-order valence-corrected chi connectivity index (χ2v) is 8.22. The number of carbonyl (C=O) groups is 1. The third kappa shape index (κ3) is 4.12. The Morgan fingerprint density at radius 3 is 2.13 bits per heavy atom. The molecule has 0 spiro atoms. The summed E-state index contributed by atoms with van der Waals surface area (Å²) >= 11 is 0. The number of carbonyl (C=O) groups excluding carboxylic acids is 1. The first kappa shape index (κ1) is 17.9. The standard InChI is InChI=1S/C17H26N2O3S/c1-4-5-15-6-8-16(9-7-15)23(21,22)19-12-10-18(11-13-19)17(20)14(2)3/h6-9,14H,4-5,10-13H2,1-3H3. The SMILES string of the molecule is CCCc1ccc(S(=O)(=O)N2CCN(C(=O)C(C)C)CC2)cc1. The third-order valence-corrected chi connectivity index (χ3v) is 6.06. The maximum atomic E-state index is 12.7. The summed E-state index contributed by atoms with van der Waals surface area (Å²) in [4.78, 5) is 14.1. The summed E-state index contributed by atoms with van der Waals surface area (Å²) in [6, 6.07) is 7.14. The van der Waals surface area contributed by atoms with Gasteiger partial charge in [0.15, 0.2) is 0 Å². The van der Waals surface area contributed by atoms with Crippen molar-refractivity contribution in [1.29, 1.82) is 0 Å².